The summed E-state index contributed by atoms with van der Waals surface area (Å²) in [6.07, 6.45) is 5.59. The van der Waals surface area contributed by atoms with Gasteiger partial charge in [-0.1, -0.05) is 60.2 Å². The number of amides is 1. The van der Waals surface area contributed by atoms with Gasteiger partial charge in [0, 0.05) is 37.6 Å². The molecule has 0 bridgehead atoms. The van der Waals surface area contributed by atoms with Gasteiger partial charge in [-0.05, 0) is 30.9 Å². The van der Waals surface area contributed by atoms with E-state index in [1.165, 1.54) is 5.56 Å². The molecule has 1 N–H and O–H groups in total. The van der Waals surface area contributed by atoms with Gasteiger partial charge in [0.2, 0.25) is 11.9 Å². The van der Waals surface area contributed by atoms with Gasteiger partial charge in [0.15, 0.2) is 0 Å². The van der Waals surface area contributed by atoms with Crippen molar-refractivity contribution in [1.29, 1.82) is 0 Å². The third-order valence-corrected chi connectivity index (χ3v) is 5.37. The predicted molar refractivity (Wildman–Crippen MR) is 115 cm³/mol. The highest BCUT2D eigenvalue weighted by Gasteiger charge is 2.27. The normalized spacial score (nSPS) is 16.4. The van der Waals surface area contributed by atoms with Gasteiger partial charge in [-0.25, -0.2) is 9.97 Å². The van der Waals surface area contributed by atoms with Crippen LogP contribution in [0.5, 0.6) is 0 Å². The molecule has 2 heterocycles. The molecular formula is C24H26N4O. The van der Waals surface area contributed by atoms with Gasteiger partial charge in [-0.3, -0.25) is 4.79 Å². The number of piperidine rings is 1. The van der Waals surface area contributed by atoms with Crippen LogP contribution in [-0.2, 0) is 11.3 Å². The van der Waals surface area contributed by atoms with Gasteiger partial charge >= 0.3 is 0 Å². The van der Waals surface area contributed by atoms with E-state index in [1.807, 2.05) is 54.9 Å². The van der Waals surface area contributed by atoms with E-state index in [0.717, 1.165) is 36.1 Å². The minimum Gasteiger partial charge on any atom is -0.352 e. The number of benzene rings is 2. The lowest BCUT2D eigenvalue weighted by Crippen LogP contribution is -2.43. The highest BCUT2D eigenvalue weighted by Crippen LogP contribution is 2.23. The average molecular weight is 386 g/mol. The summed E-state index contributed by atoms with van der Waals surface area (Å²) in [5.74, 6) is 0.768. The molecule has 0 spiro atoms. The summed E-state index contributed by atoms with van der Waals surface area (Å²) in [4.78, 5) is 23.9. The summed E-state index contributed by atoms with van der Waals surface area (Å²) in [5.41, 5.74) is 4.44. The van der Waals surface area contributed by atoms with Gasteiger partial charge in [0.05, 0.1) is 5.92 Å². The molecule has 1 saturated heterocycles. The van der Waals surface area contributed by atoms with E-state index >= 15 is 0 Å². The first kappa shape index (κ1) is 19.1. The first-order valence-electron chi connectivity index (χ1n) is 10.1. The molecule has 1 atom stereocenters. The third kappa shape index (κ3) is 4.80. The summed E-state index contributed by atoms with van der Waals surface area (Å²) in [5, 5.41) is 3.09. The molecule has 0 saturated carbocycles. The molecule has 1 aliphatic heterocycles. The molecule has 1 amide bonds. The van der Waals surface area contributed by atoms with Gasteiger partial charge in [-0.2, -0.15) is 0 Å². The highest BCUT2D eigenvalue weighted by atomic mass is 16.1. The molecule has 5 heteroatoms. The lowest BCUT2D eigenvalue weighted by Gasteiger charge is -2.32. The van der Waals surface area contributed by atoms with E-state index in [-0.39, 0.29) is 11.8 Å². The Morgan fingerprint density at radius 1 is 1.07 bits per heavy atom. The van der Waals surface area contributed by atoms with Gasteiger partial charge in [0.25, 0.3) is 0 Å². The fourth-order valence-corrected chi connectivity index (χ4v) is 3.79. The fraction of sp³-hybridized carbons (Fsp3) is 0.292. The Bertz CT molecular complexity index is 956. The van der Waals surface area contributed by atoms with Crippen molar-refractivity contribution in [2.45, 2.75) is 26.3 Å². The Morgan fingerprint density at radius 3 is 2.62 bits per heavy atom. The molecule has 29 heavy (non-hydrogen) atoms. The Kier molecular flexibility index (Phi) is 5.84. The quantitative estimate of drug-likeness (QED) is 0.720. The Balaban J connectivity index is 1.37. The van der Waals surface area contributed by atoms with Crippen LogP contribution in [0.1, 0.15) is 24.0 Å². The molecule has 0 aliphatic carbocycles. The molecular weight excluding hydrogens is 360 g/mol. The monoisotopic (exact) mass is 386 g/mol. The van der Waals surface area contributed by atoms with E-state index in [4.69, 9.17) is 0 Å². The number of carbonyl (C=O) groups is 1. The summed E-state index contributed by atoms with van der Waals surface area (Å²) < 4.78 is 0. The van der Waals surface area contributed by atoms with Crippen molar-refractivity contribution in [1.82, 2.24) is 15.3 Å². The van der Waals surface area contributed by atoms with Crippen molar-refractivity contribution in [2.75, 3.05) is 18.0 Å². The van der Waals surface area contributed by atoms with Crippen molar-refractivity contribution < 1.29 is 4.79 Å². The number of aromatic nitrogens is 2. The van der Waals surface area contributed by atoms with E-state index < -0.39 is 0 Å². The van der Waals surface area contributed by atoms with Crippen LogP contribution in [0.15, 0.2) is 67.0 Å². The number of hydrogen-bond acceptors (Lipinski definition) is 4. The molecule has 1 aromatic heterocycles. The lowest BCUT2D eigenvalue weighted by molar-refractivity contribution is -0.125. The maximum absolute atomic E-state index is 12.7. The summed E-state index contributed by atoms with van der Waals surface area (Å²) in [6.45, 7) is 4.17. The van der Waals surface area contributed by atoms with E-state index in [2.05, 4.69) is 39.2 Å². The number of aryl methyl sites for hydroxylation is 1. The van der Waals surface area contributed by atoms with Crippen LogP contribution in [0.25, 0.3) is 11.1 Å². The number of nitrogens with one attached hydrogen (secondary N) is 1. The number of nitrogens with zero attached hydrogens (tertiary/aromatic N) is 3. The zero-order chi connectivity index (χ0) is 20.1. The zero-order valence-corrected chi connectivity index (χ0v) is 16.7. The van der Waals surface area contributed by atoms with E-state index in [1.54, 1.807) is 0 Å². The first-order valence-corrected chi connectivity index (χ1v) is 10.1. The second kappa shape index (κ2) is 8.86. The predicted octanol–water partition coefficient (Wildman–Crippen LogP) is 3.98. The van der Waals surface area contributed by atoms with Gasteiger partial charge in [0.1, 0.15) is 0 Å². The minimum absolute atomic E-state index is 0.0361. The van der Waals surface area contributed by atoms with Crippen LogP contribution in [-0.4, -0.2) is 29.0 Å². The zero-order valence-electron chi connectivity index (χ0n) is 16.7. The first-order chi connectivity index (χ1) is 14.2. The number of hydrogen-bond donors (Lipinski definition) is 1. The summed E-state index contributed by atoms with van der Waals surface area (Å²) in [6, 6.07) is 18.3. The summed E-state index contributed by atoms with van der Waals surface area (Å²) in [7, 11) is 0. The van der Waals surface area contributed by atoms with Crippen molar-refractivity contribution >= 4 is 11.9 Å². The van der Waals surface area contributed by atoms with Crippen LogP contribution in [0.4, 0.5) is 5.95 Å². The second-order valence-electron chi connectivity index (χ2n) is 7.63. The van der Waals surface area contributed by atoms with Crippen LogP contribution in [0.3, 0.4) is 0 Å². The largest absolute Gasteiger partial charge is 0.352 e. The molecule has 2 aromatic carbocycles. The maximum Gasteiger partial charge on any atom is 0.225 e. The molecule has 148 valence electrons. The molecule has 1 aliphatic rings. The molecule has 3 aromatic rings. The average Bonchev–Trinajstić information content (AvgIpc) is 2.78. The standard InChI is InChI=1S/C24H26N4O/c1-18-7-5-8-19(13-18)14-25-23(29)21-11-6-12-28(17-21)24-26-15-22(16-27-24)20-9-3-2-4-10-20/h2-5,7-10,13,15-16,21H,6,11-12,14,17H2,1H3,(H,25,29)/t21-/m0/s1. The van der Waals surface area contributed by atoms with Crippen LogP contribution < -0.4 is 10.2 Å². The van der Waals surface area contributed by atoms with Crippen molar-refractivity contribution in [2.24, 2.45) is 5.92 Å². The van der Waals surface area contributed by atoms with Crippen LogP contribution in [0.2, 0.25) is 0 Å². The van der Waals surface area contributed by atoms with Gasteiger partial charge < -0.3 is 10.2 Å². The van der Waals surface area contributed by atoms with Crippen molar-refractivity contribution in [3.63, 3.8) is 0 Å². The molecule has 1 fully saturated rings. The molecule has 0 unspecified atom stereocenters. The Hall–Kier alpha value is -3.21. The van der Waals surface area contributed by atoms with E-state index in [0.29, 0.717) is 19.0 Å². The number of rotatable bonds is 5. The number of anilines is 1. The lowest BCUT2D eigenvalue weighted by atomic mass is 9.97. The second-order valence-corrected chi connectivity index (χ2v) is 7.63. The van der Waals surface area contributed by atoms with Crippen LogP contribution >= 0.6 is 0 Å². The van der Waals surface area contributed by atoms with E-state index in [9.17, 15) is 4.79 Å². The number of carbonyl (C=O) groups excluding carboxylic acids is 1. The van der Waals surface area contributed by atoms with Crippen molar-refractivity contribution in [3.8, 4) is 11.1 Å². The Labute approximate surface area is 171 Å². The minimum atomic E-state index is -0.0361. The Morgan fingerprint density at radius 2 is 1.86 bits per heavy atom. The smallest absolute Gasteiger partial charge is 0.225 e. The molecule has 4 rings (SSSR count). The van der Waals surface area contributed by atoms with Crippen LogP contribution in [0, 0.1) is 12.8 Å². The summed E-state index contributed by atoms with van der Waals surface area (Å²) >= 11 is 0. The fourth-order valence-electron chi connectivity index (χ4n) is 3.79. The SMILES string of the molecule is Cc1cccc(CNC(=O)[C@H]2CCCN(c3ncc(-c4ccccc4)cn3)C2)c1. The van der Waals surface area contributed by atoms with Gasteiger partial charge in [-0.15, -0.1) is 0 Å². The third-order valence-electron chi connectivity index (χ3n) is 5.37. The van der Waals surface area contributed by atoms with Crippen molar-refractivity contribution in [3.05, 3.63) is 78.1 Å². The molecule has 0 radical (unpaired) electrons. The maximum atomic E-state index is 12.7. The highest BCUT2D eigenvalue weighted by molar-refractivity contribution is 5.79. The topological polar surface area (TPSA) is 58.1 Å². The molecule has 5 nitrogen and oxygen atoms in total.